The van der Waals surface area contributed by atoms with Crippen LogP contribution in [0.2, 0.25) is 0 Å². The number of carbonyl (C=O) groups excluding carboxylic acids is 1. The predicted octanol–water partition coefficient (Wildman–Crippen LogP) is 2.41. The third kappa shape index (κ3) is 2.49. The number of nitrogens with two attached hydrogens (primary N) is 1. The highest BCUT2D eigenvalue weighted by molar-refractivity contribution is 5.92. The van der Waals surface area contributed by atoms with Crippen molar-refractivity contribution in [3.8, 4) is 0 Å². The summed E-state index contributed by atoms with van der Waals surface area (Å²) in [5.41, 5.74) is 6.83. The van der Waals surface area contributed by atoms with Gasteiger partial charge in [0.15, 0.2) is 0 Å². The quantitative estimate of drug-likeness (QED) is 0.921. The maximum Gasteiger partial charge on any atom is 0.270 e. The lowest BCUT2D eigenvalue weighted by atomic mass is 9.90. The lowest BCUT2D eigenvalue weighted by Gasteiger charge is -2.35. The Balaban J connectivity index is 1.66. The van der Waals surface area contributed by atoms with Crippen LogP contribution in [0.15, 0.2) is 18.3 Å². The van der Waals surface area contributed by atoms with E-state index in [1.807, 2.05) is 17.0 Å². The van der Waals surface area contributed by atoms with E-state index in [2.05, 4.69) is 17.7 Å². The summed E-state index contributed by atoms with van der Waals surface area (Å²) in [5, 5.41) is 0. The van der Waals surface area contributed by atoms with Crippen molar-refractivity contribution in [2.75, 3.05) is 13.1 Å². The Morgan fingerprint density at radius 2 is 2.00 bits per heavy atom. The van der Waals surface area contributed by atoms with Crippen molar-refractivity contribution in [2.24, 2.45) is 11.7 Å². The fourth-order valence-electron chi connectivity index (χ4n) is 3.35. The molecule has 1 unspecified atom stereocenters. The van der Waals surface area contributed by atoms with Crippen molar-refractivity contribution in [1.29, 1.82) is 0 Å². The van der Waals surface area contributed by atoms with Crippen LogP contribution < -0.4 is 5.73 Å². The number of hydrogen-bond donors (Lipinski definition) is 1. The molecular formula is C16H25N3O. The summed E-state index contributed by atoms with van der Waals surface area (Å²) in [4.78, 5) is 14.7. The molecule has 3 rings (SSSR count). The molecule has 1 saturated heterocycles. The van der Waals surface area contributed by atoms with Crippen LogP contribution in [0.3, 0.4) is 0 Å². The molecule has 0 radical (unpaired) electrons. The summed E-state index contributed by atoms with van der Waals surface area (Å²) < 4.78 is 2.18. The molecule has 1 aromatic heterocycles. The SMILES string of the molecule is CC(N)C1CCN(C(=O)c2cccn2C2CCC2)CC1. The average molecular weight is 275 g/mol. The number of piperidine rings is 1. The second-order valence-electron chi connectivity index (χ2n) is 6.37. The van der Waals surface area contributed by atoms with Gasteiger partial charge < -0.3 is 15.2 Å². The first kappa shape index (κ1) is 13.7. The monoisotopic (exact) mass is 275 g/mol. The van der Waals surface area contributed by atoms with E-state index in [0.29, 0.717) is 12.0 Å². The predicted molar refractivity (Wildman–Crippen MR) is 79.6 cm³/mol. The molecule has 2 aliphatic rings. The third-order valence-electron chi connectivity index (χ3n) is 5.04. The molecule has 1 aliphatic carbocycles. The van der Waals surface area contributed by atoms with Gasteiger partial charge in [-0.3, -0.25) is 4.79 Å². The van der Waals surface area contributed by atoms with Crippen LogP contribution in [-0.2, 0) is 0 Å². The van der Waals surface area contributed by atoms with Gasteiger partial charge in [0, 0.05) is 31.4 Å². The zero-order valence-electron chi connectivity index (χ0n) is 12.3. The zero-order valence-corrected chi connectivity index (χ0v) is 12.3. The number of hydrogen-bond acceptors (Lipinski definition) is 2. The Kier molecular flexibility index (Phi) is 3.83. The molecule has 0 aromatic carbocycles. The van der Waals surface area contributed by atoms with E-state index in [4.69, 9.17) is 5.73 Å². The molecule has 1 amide bonds. The molecule has 1 atom stereocenters. The number of aromatic nitrogens is 1. The Labute approximate surface area is 120 Å². The van der Waals surface area contributed by atoms with E-state index in [-0.39, 0.29) is 11.9 Å². The van der Waals surface area contributed by atoms with Crippen LogP contribution in [0.4, 0.5) is 0 Å². The van der Waals surface area contributed by atoms with Gasteiger partial charge in [0.1, 0.15) is 5.69 Å². The number of likely N-dealkylation sites (tertiary alicyclic amines) is 1. The van der Waals surface area contributed by atoms with E-state index >= 15 is 0 Å². The first-order chi connectivity index (χ1) is 9.66. The molecule has 4 heteroatoms. The maximum atomic E-state index is 12.7. The fraction of sp³-hybridized carbons (Fsp3) is 0.688. The molecule has 2 heterocycles. The standard InChI is InChI=1S/C16H25N3O/c1-12(17)13-7-10-18(11-8-13)16(20)15-6-3-9-19(15)14-4-2-5-14/h3,6,9,12-14H,2,4-5,7-8,10-11,17H2,1H3. The summed E-state index contributed by atoms with van der Waals surface area (Å²) in [5.74, 6) is 0.766. The molecule has 110 valence electrons. The number of nitrogens with zero attached hydrogens (tertiary/aromatic N) is 2. The van der Waals surface area contributed by atoms with Gasteiger partial charge in [-0.25, -0.2) is 0 Å². The van der Waals surface area contributed by atoms with Gasteiger partial charge in [0.25, 0.3) is 5.91 Å². The molecule has 0 bridgehead atoms. The Morgan fingerprint density at radius 1 is 1.30 bits per heavy atom. The molecule has 1 saturated carbocycles. The van der Waals surface area contributed by atoms with Crippen LogP contribution in [-0.4, -0.2) is 34.5 Å². The van der Waals surface area contributed by atoms with Crippen molar-refractivity contribution < 1.29 is 4.79 Å². The molecule has 2 N–H and O–H groups in total. The van der Waals surface area contributed by atoms with Crippen molar-refractivity contribution in [2.45, 2.75) is 51.1 Å². The second kappa shape index (κ2) is 5.60. The zero-order chi connectivity index (χ0) is 14.1. The Hall–Kier alpha value is -1.29. The van der Waals surface area contributed by atoms with Crippen LogP contribution in [0.1, 0.15) is 55.6 Å². The van der Waals surface area contributed by atoms with Crippen LogP contribution >= 0.6 is 0 Å². The van der Waals surface area contributed by atoms with Gasteiger partial charge in [-0.15, -0.1) is 0 Å². The minimum absolute atomic E-state index is 0.199. The lowest BCUT2D eigenvalue weighted by molar-refractivity contribution is 0.0664. The molecule has 1 aliphatic heterocycles. The molecule has 20 heavy (non-hydrogen) atoms. The lowest BCUT2D eigenvalue weighted by Crippen LogP contribution is -2.43. The number of carbonyl (C=O) groups is 1. The normalized spacial score (nSPS) is 22.6. The maximum absolute atomic E-state index is 12.7. The van der Waals surface area contributed by atoms with Crippen molar-refractivity contribution >= 4 is 5.91 Å². The average Bonchev–Trinajstić information content (AvgIpc) is 2.85. The summed E-state index contributed by atoms with van der Waals surface area (Å²) in [6.07, 6.45) is 7.84. The molecule has 1 aromatic rings. The molecular weight excluding hydrogens is 250 g/mol. The first-order valence-electron chi connectivity index (χ1n) is 7.88. The second-order valence-corrected chi connectivity index (χ2v) is 6.37. The van der Waals surface area contributed by atoms with Crippen molar-refractivity contribution in [3.05, 3.63) is 24.0 Å². The van der Waals surface area contributed by atoms with E-state index in [9.17, 15) is 4.79 Å². The van der Waals surface area contributed by atoms with E-state index in [0.717, 1.165) is 31.6 Å². The van der Waals surface area contributed by atoms with Crippen LogP contribution in [0.25, 0.3) is 0 Å². The summed E-state index contributed by atoms with van der Waals surface area (Å²) in [6, 6.07) is 4.76. The highest BCUT2D eigenvalue weighted by Gasteiger charge is 2.29. The smallest absolute Gasteiger partial charge is 0.270 e. The Morgan fingerprint density at radius 3 is 2.55 bits per heavy atom. The van der Waals surface area contributed by atoms with Crippen molar-refractivity contribution in [3.63, 3.8) is 0 Å². The van der Waals surface area contributed by atoms with Gasteiger partial charge in [0.05, 0.1) is 0 Å². The Bertz CT molecular complexity index is 468. The highest BCUT2D eigenvalue weighted by Crippen LogP contribution is 2.33. The molecule has 2 fully saturated rings. The van der Waals surface area contributed by atoms with E-state index < -0.39 is 0 Å². The summed E-state index contributed by atoms with van der Waals surface area (Å²) in [6.45, 7) is 3.77. The van der Waals surface area contributed by atoms with Gasteiger partial charge in [-0.1, -0.05) is 0 Å². The largest absolute Gasteiger partial charge is 0.340 e. The first-order valence-corrected chi connectivity index (χ1v) is 7.88. The van der Waals surface area contributed by atoms with E-state index in [1.54, 1.807) is 0 Å². The minimum Gasteiger partial charge on any atom is -0.340 e. The van der Waals surface area contributed by atoms with Crippen LogP contribution in [0, 0.1) is 5.92 Å². The summed E-state index contributed by atoms with van der Waals surface area (Å²) in [7, 11) is 0. The fourth-order valence-corrected chi connectivity index (χ4v) is 3.35. The molecule has 4 nitrogen and oxygen atoms in total. The topological polar surface area (TPSA) is 51.3 Å². The van der Waals surface area contributed by atoms with Crippen molar-refractivity contribution in [1.82, 2.24) is 9.47 Å². The van der Waals surface area contributed by atoms with Gasteiger partial charge >= 0.3 is 0 Å². The molecule has 0 spiro atoms. The number of amides is 1. The van der Waals surface area contributed by atoms with Gasteiger partial charge in [-0.2, -0.15) is 0 Å². The van der Waals surface area contributed by atoms with Crippen LogP contribution in [0.5, 0.6) is 0 Å². The minimum atomic E-state index is 0.199. The summed E-state index contributed by atoms with van der Waals surface area (Å²) >= 11 is 0. The number of rotatable bonds is 3. The highest BCUT2D eigenvalue weighted by atomic mass is 16.2. The third-order valence-corrected chi connectivity index (χ3v) is 5.04. The van der Waals surface area contributed by atoms with Gasteiger partial charge in [-0.05, 0) is 57.1 Å². The van der Waals surface area contributed by atoms with Gasteiger partial charge in [0.2, 0.25) is 0 Å². The van der Waals surface area contributed by atoms with E-state index in [1.165, 1.54) is 19.3 Å².